The third kappa shape index (κ3) is 3.96. The number of carbonyl (C=O) groups is 1. The lowest BCUT2D eigenvalue weighted by Crippen LogP contribution is -2.01. The molecular formula is C12H17NO3S2. The highest BCUT2D eigenvalue weighted by molar-refractivity contribution is 7.73. The third-order valence-corrected chi connectivity index (χ3v) is 3.99. The summed E-state index contributed by atoms with van der Waals surface area (Å²) in [5.41, 5.74) is 1.17. The highest BCUT2D eigenvalue weighted by Gasteiger charge is 2.10. The molecule has 0 aliphatic rings. The molecule has 0 saturated heterocycles. The number of allylic oxidation sites excluding steroid dienone is 1. The molecule has 1 aromatic rings. The molecule has 1 heterocycles. The highest BCUT2D eigenvalue weighted by Crippen LogP contribution is 2.29. The predicted molar refractivity (Wildman–Crippen MR) is 75.6 cm³/mol. The second-order valence-corrected chi connectivity index (χ2v) is 5.72. The quantitative estimate of drug-likeness (QED) is 0.784. The first kappa shape index (κ1) is 14.9. The molecular weight excluding hydrogens is 270 g/mol. The molecule has 0 aromatic carbocycles. The van der Waals surface area contributed by atoms with Crippen molar-refractivity contribution in [1.82, 2.24) is 4.57 Å². The Morgan fingerprint density at radius 1 is 1.56 bits per heavy atom. The lowest BCUT2D eigenvalue weighted by Gasteiger charge is -2.03. The zero-order valence-corrected chi connectivity index (χ0v) is 12.1. The van der Waals surface area contributed by atoms with Gasteiger partial charge in [0.15, 0.2) is 3.95 Å². The van der Waals surface area contributed by atoms with Gasteiger partial charge in [0.1, 0.15) is 0 Å². The van der Waals surface area contributed by atoms with Gasteiger partial charge in [-0.3, -0.25) is 9.36 Å². The molecule has 100 valence electrons. The van der Waals surface area contributed by atoms with E-state index in [4.69, 9.17) is 17.3 Å². The molecule has 0 spiro atoms. The summed E-state index contributed by atoms with van der Waals surface area (Å²) in [6, 6.07) is 0. The average molecular weight is 287 g/mol. The van der Waals surface area contributed by atoms with Crippen LogP contribution in [0.1, 0.15) is 38.0 Å². The Hall–Kier alpha value is -1.14. The molecule has 2 N–H and O–H groups in total. The minimum absolute atomic E-state index is 0.0796. The van der Waals surface area contributed by atoms with Crippen LogP contribution in [-0.4, -0.2) is 20.7 Å². The summed E-state index contributed by atoms with van der Waals surface area (Å²) in [4.78, 5) is 11.2. The fourth-order valence-electron chi connectivity index (χ4n) is 1.42. The standard InChI is InChI=1S/C12H17NO3S2/c1-3-8(2)7-9-11(16)13(12(17)18-9)6-4-5-10(14)15/h7,16H,3-6H2,1-2H3,(H,14,15). The number of thiazole rings is 1. The van der Waals surface area contributed by atoms with Gasteiger partial charge >= 0.3 is 5.97 Å². The molecule has 1 rings (SSSR count). The second-order valence-electron chi connectivity index (χ2n) is 4.05. The van der Waals surface area contributed by atoms with Crippen LogP contribution in [0.5, 0.6) is 5.88 Å². The monoisotopic (exact) mass is 287 g/mol. The minimum Gasteiger partial charge on any atom is -0.493 e. The largest absolute Gasteiger partial charge is 0.493 e. The van der Waals surface area contributed by atoms with E-state index in [9.17, 15) is 9.90 Å². The van der Waals surface area contributed by atoms with E-state index in [0.717, 1.165) is 11.3 Å². The lowest BCUT2D eigenvalue weighted by molar-refractivity contribution is -0.137. The first-order chi connectivity index (χ1) is 8.45. The molecule has 0 bridgehead atoms. The van der Waals surface area contributed by atoms with Crippen molar-refractivity contribution < 1.29 is 15.0 Å². The Labute approximate surface area is 115 Å². The van der Waals surface area contributed by atoms with Crippen LogP contribution in [0.25, 0.3) is 6.08 Å². The first-order valence-electron chi connectivity index (χ1n) is 5.77. The van der Waals surface area contributed by atoms with Crippen molar-refractivity contribution in [3.8, 4) is 5.88 Å². The number of aliphatic carboxylic acids is 1. The van der Waals surface area contributed by atoms with Crippen LogP contribution in [0.3, 0.4) is 0 Å². The Morgan fingerprint density at radius 2 is 2.22 bits per heavy atom. The summed E-state index contributed by atoms with van der Waals surface area (Å²) in [7, 11) is 0. The van der Waals surface area contributed by atoms with Gasteiger partial charge in [-0.15, -0.1) is 11.3 Å². The average Bonchev–Trinajstić information content (AvgIpc) is 2.56. The van der Waals surface area contributed by atoms with Gasteiger partial charge in [0.2, 0.25) is 5.88 Å². The van der Waals surface area contributed by atoms with Crippen molar-refractivity contribution in [2.75, 3.05) is 0 Å². The third-order valence-electron chi connectivity index (χ3n) is 2.60. The van der Waals surface area contributed by atoms with Gasteiger partial charge in [0.05, 0.1) is 4.88 Å². The number of nitrogens with zero attached hydrogens (tertiary/aromatic N) is 1. The van der Waals surface area contributed by atoms with Crippen LogP contribution in [0, 0.1) is 3.95 Å². The summed E-state index contributed by atoms with van der Waals surface area (Å²) in [5.74, 6) is -0.693. The smallest absolute Gasteiger partial charge is 0.303 e. The van der Waals surface area contributed by atoms with Gasteiger partial charge < -0.3 is 10.2 Å². The van der Waals surface area contributed by atoms with Gasteiger partial charge in [-0.25, -0.2) is 0 Å². The zero-order chi connectivity index (χ0) is 13.7. The molecule has 0 amide bonds. The van der Waals surface area contributed by atoms with E-state index in [0.29, 0.717) is 16.9 Å². The van der Waals surface area contributed by atoms with Crippen molar-refractivity contribution in [3.63, 3.8) is 0 Å². The molecule has 0 unspecified atom stereocenters. The van der Waals surface area contributed by atoms with E-state index < -0.39 is 5.97 Å². The molecule has 0 radical (unpaired) electrons. The van der Waals surface area contributed by atoms with E-state index >= 15 is 0 Å². The van der Waals surface area contributed by atoms with Gasteiger partial charge in [-0.05, 0) is 38.1 Å². The number of rotatable bonds is 6. The van der Waals surface area contributed by atoms with Crippen LogP contribution in [0.2, 0.25) is 0 Å². The zero-order valence-electron chi connectivity index (χ0n) is 10.5. The summed E-state index contributed by atoms with van der Waals surface area (Å²) in [6.07, 6.45) is 3.38. The molecule has 1 aromatic heterocycles. The molecule has 18 heavy (non-hydrogen) atoms. The molecule has 0 atom stereocenters. The van der Waals surface area contributed by atoms with Crippen molar-refractivity contribution in [1.29, 1.82) is 0 Å². The van der Waals surface area contributed by atoms with E-state index in [2.05, 4.69) is 0 Å². The van der Waals surface area contributed by atoms with Crippen LogP contribution < -0.4 is 0 Å². The minimum atomic E-state index is -0.835. The first-order valence-corrected chi connectivity index (χ1v) is 6.99. The van der Waals surface area contributed by atoms with Crippen LogP contribution in [0.4, 0.5) is 0 Å². The number of aromatic hydroxyl groups is 1. The Balaban J connectivity index is 2.88. The van der Waals surface area contributed by atoms with E-state index in [1.807, 2.05) is 19.9 Å². The molecule has 0 saturated carbocycles. The summed E-state index contributed by atoms with van der Waals surface area (Å²) in [6.45, 7) is 4.48. The topological polar surface area (TPSA) is 62.5 Å². The number of carboxylic acids is 1. The fraction of sp³-hybridized carbons (Fsp3) is 0.500. The Kier molecular flexibility index (Phi) is 5.55. The maximum Gasteiger partial charge on any atom is 0.303 e. The van der Waals surface area contributed by atoms with Gasteiger partial charge in [0, 0.05) is 13.0 Å². The molecule has 0 aliphatic heterocycles. The van der Waals surface area contributed by atoms with Crippen LogP contribution in [-0.2, 0) is 11.3 Å². The Bertz CT molecular complexity index is 514. The number of hydrogen-bond acceptors (Lipinski definition) is 4. The van der Waals surface area contributed by atoms with E-state index in [-0.39, 0.29) is 12.3 Å². The molecule has 0 aliphatic carbocycles. The van der Waals surface area contributed by atoms with Crippen molar-refractivity contribution in [2.24, 2.45) is 0 Å². The summed E-state index contributed by atoms with van der Waals surface area (Å²) < 4.78 is 2.17. The van der Waals surface area contributed by atoms with Crippen LogP contribution in [0.15, 0.2) is 5.57 Å². The van der Waals surface area contributed by atoms with Crippen molar-refractivity contribution >= 4 is 35.6 Å². The summed E-state index contributed by atoms with van der Waals surface area (Å²) >= 11 is 6.52. The maximum atomic E-state index is 10.4. The number of carboxylic acid groups (broad SMARTS) is 1. The second kappa shape index (κ2) is 6.70. The van der Waals surface area contributed by atoms with Crippen molar-refractivity contribution in [2.45, 2.75) is 39.7 Å². The summed E-state index contributed by atoms with van der Waals surface area (Å²) in [5, 5.41) is 18.6. The highest BCUT2D eigenvalue weighted by atomic mass is 32.1. The maximum absolute atomic E-state index is 10.4. The number of aromatic nitrogens is 1. The SMILES string of the molecule is CCC(C)=Cc1sc(=S)n(CCCC(=O)O)c1O. The predicted octanol–water partition coefficient (Wildman–Crippen LogP) is 3.66. The van der Waals surface area contributed by atoms with Gasteiger partial charge in [0.25, 0.3) is 0 Å². The molecule has 4 nitrogen and oxygen atoms in total. The van der Waals surface area contributed by atoms with E-state index in [1.165, 1.54) is 16.9 Å². The van der Waals surface area contributed by atoms with Gasteiger partial charge in [-0.2, -0.15) is 0 Å². The van der Waals surface area contributed by atoms with Gasteiger partial charge in [-0.1, -0.05) is 12.5 Å². The van der Waals surface area contributed by atoms with Crippen LogP contribution >= 0.6 is 23.6 Å². The van der Waals surface area contributed by atoms with E-state index in [1.54, 1.807) is 4.57 Å². The molecule has 6 heteroatoms. The van der Waals surface area contributed by atoms with Crippen molar-refractivity contribution in [3.05, 3.63) is 14.4 Å². The Morgan fingerprint density at radius 3 is 2.78 bits per heavy atom. The fourth-order valence-corrected chi connectivity index (χ4v) is 2.80. The molecule has 0 fully saturated rings. The number of hydrogen-bond donors (Lipinski definition) is 2. The normalized spacial score (nSPS) is 11.8. The lowest BCUT2D eigenvalue weighted by atomic mass is 10.2.